The van der Waals surface area contributed by atoms with E-state index in [1.165, 1.54) is 5.56 Å². The van der Waals surface area contributed by atoms with E-state index in [9.17, 15) is 4.79 Å². The van der Waals surface area contributed by atoms with Crippen LogP contribution in [0, 0.1) is 13.8 Å². The van der Waals surface area contributed by atoms with Crippen LogP contribution in [0.4, 0.5) is 0 Å². The van der Waals surface area contributed by atoms with E-state index in [0.29, 0.717) is 6.42 Å². The molecule has 0 aliphatic heterocycles. The third-order valence-corrected chi connectivity index (χ3v) is 3.43. The molecule has 2 heteroatoms. The maximum absolute atomic E-state index is 12.2. The summed E-state index contributed by atoms with van der Waals surface area (Å²) < 4.78 is 1.01. The lowest BCUT2D eigenvalue weighted by atomic mass is 9.98. The van der Waals surface area contributed by atoms with E-state index in [1.807, 2.05) is 56.3 Å². The minimum Gasteiger partial charge on any atom is -0.294 e. The van der Waals surface area contributed by atoms with Gasteiger partial charge < -0.3 is 0 Å². The van der Waals surface area contributed by atoms with Crippen molar-refractivity contribution in [3.63, 3.8) is 0 Å². The lowest BCUT2D eigenvalue weighted by Gasteiger charge is -2.06. The van der Waals surface area contributed by atoms with Crippen LogP contribution in [0.1, 0.15) is 27.0 Å². The van der Waals surface area contributed by atoms with Crippen LogP contribution in [0.2, 0.25) is 0 Å². The molecule has 0 atom stereocenters. The van der Waals surface area contributed by atoms with Crippen molar-refractivity contribution in [3.05, 3.63) is 69.2 Å². The van der Waals surface area contributed by atoms with E-state index < -0.39 is 0 Å². The molecule has 0 fully saturated rings. The molecule has 0 N–H and O–H groups in total. The van der Waals surface area contributed by atoms with Crippen LogP contribution in [0.3, 0.4) is 0 Å². The van der Waals surface area contributed by atoms with Crippen molar-refractivity contribution >= 4 is 21.7 Å². The van der Waals surface area contributed by atoms with Gasteiger partial charge in [-0.25, -0.2) is 0 Å². The molecule has 0 unspecified atom stereocenters. The quantitative estimate of drug-likeness (QED) is 0.763. The molecule has 18 heavy (non-hydrogen) atoms. The Morgan fingerprint density at radius 1 is 1.11 bits per heavy atom. The highest BCUT2D eigenvalue weighted by molar-refractivity contribution is 9.10. The molecule has 0 aliphatic carbocycles. The molecule has 1 nitrogen and oxygen atoms in total. The smallest absolute Gasteiger partial charge is 0.167 e. The summed E-state index contributed by atoms with van der Waals surface area (Å²) in [4.78, 5) is 12.2. The first-order chi connectivity index (χ1) is 8.56. The Labute approximate surface area is 116 Å². The van der Waals surface area contributed by atoms with Crippen molar-refractivity contribution in [2.45, 2.75) is 20.3 Å². The average molecular weight is 303 g/mol. The van der Waals surface area contributed by atoms with Gasteiger partial charge in [0.05, 0.1) is 0 Å². The van der Waals surface area contributed by atoms with Crippen molar-refractivity contribution in [3.8, 4) is 0 Å². The van der Waals surface area contributed by atoms with Crippen LogP contribution in [-0.2, 0) is 6.42 Å². The molecule has 0 spiro atoms. The van der Waals surface area contributed by atoms with E-state index in [2.05, 4.69) is 15.9 Å². The number of Topliss-reactive ketones (excluding diaryl/α,β-unsaturated/α-hetero) is 1. The number of hydrogen-bond donors (Lipinski definition) is 0. The third-order valence-electron chi connectivity index (χ3n) is 2.94. The zero-order valence-corrected chi connectivity index (χ0v) is 12.1. The van der Waals surface area contributed by atoms with Gasteiger partial charge in [-0.3, -0.25) is 4.79 Å². The summed E-state index contributed by atoms with van der Waals surface area (Å²) >= 11 is 3.42. The standard InChI is InChI=1S/C16H15BrO/c1-11-6-7-15(12(2)8-11)16(18)10-13-4-3-5-14(17)9-13/h3-9H,10H2,1-2H3. The predicted molar refractivity (Wildman–Crippen MR) is 78.1 cm³/mol. The van der Waals surface area contributed by atoms with Gasteiger partial charge in [0.25, 0.3) is 0 Å². The fourth-order valence-electron chi connectivity index (χ4n) is 2.05. The summed E-state index contributed by atoms with van der Waals surface area (Å²) in [5, 5.41) is 0. The van der Waals surface area contributed by atoms with E-state index >= 15 is 0 Å². The van der Waals surface area contributed by atoms with Crippen LogP contribution >= 0.6 is 15.9 Å². The van der Waals surface area contributed by atoms with Gasteiger partial charge in [0.1, 0.15) is 0 Å². The molecular weight excluding hydrogens is 288 g/mol. The third kappa shape index (κ3) is 3.08. The molecular formula is C16H15BrO. The summed E-state index contributed by atoms with van der Waals surface area (Å²) in [5.74, 6) is 0.172. The molecule has 0 aromatic heterocycles. The fraction of sp³-hybridized carbons (Fsp3) is 0.188. The van der Waals surface area contributed by atoms with E-state index in [0.717, 1.165) is 21.2 Å². The maximum atomic E-state index is 12.2. The van der Waals surface area contributed by atoms with Crippen LogP contribution < -0.4 is 0 Å². The molecule has 0 aliphatic rings. The highest BCUT2D eigenvalue weighted by Crippen LogP contribution is 2.16. The molecule has 0 amide bonds. The van der Waals surface area contributed by atoms with E-state index in [-0.39, 0.29) is 5.78 Å². The van der Waals surface area contributed by atoms with Crippen molar-refractivity contribution in [2.24, 2.45) is 0 Å². The normalized spacial score (nSPS) is 10.4. The highest BCUT2D eigenvalue weighted by Gasteiger charge is 2.10. The minimum atomic E-state index is 0.172. The molecule has 92 valence electrons. The van der Waals surface area contributed by atoms with Crippen molar-refractivity contribution in [1.82, 2.24) is 0 Å². The van der Waals surface area contributed by atoms with Crippen molar-refractivity contribution < 1.29 is 4.79 Å². The Morgan fingerprint density at radius 2 is 1.89 bits per heavy atom. The van der Waals surface area contributed by atoms with Gasteiger partial charge in [0.15, 0.2) is 5.78 Å². The number of carbonyl (C=O) groups excluding carboxylic acids is 1. The number of carbonyl (C=O) groups is 1. The number of aryl methyl sites for hydroxylation is 2. The molecule has 2 rings (SSSR count). The van der Waals surface area contributed by atoms with Gasteiger partial charge >= 0.3 is 0 Å². The Bertz CT molecular complexity index is 587. The molecule has 0 bridgehead atoms. The van der Waals surface area contributed by atoms with Crippen LogP contribution in [0.15, 0.2) is 46.9 Å². The van der Waals surface area contributed by atoms with Crippen LogP contribution in [0.5, 0.6) is 0 Å². The van der Waals surface area contributed by atoms with Gasteiger partial charge in [0.2, 0.25) is 0 Å². The van der Waals surface area contributed by atoms with E-state index in [4.69, 9.17) is 0 Å². The minimum absolute atomic E-state index is 0.172. The molecule has 0 saturated heterocycles. The number of benzene rings is 2. The molecule has 0 radical (unpaired) electrons. The zero-order valence-electron chi connectivity index (χ0n) is 10.5. The van der Waals surface area contributed by atoms with Gasteiger partial charge in [-0.2, -0.15) is 0 Å². The summed E-state index contributed by atoms with van der Waals surface area (Å²) in [5.41, 5.74) is 4.09. The number of ketones is 1. The largest absolute Gasteiger partial charge is 0.294 e. The number of rotatable bonds is 3. The Kier molecular flexibility index (Phi) is 3.97. The first-order valence-corrected chi connectivity index (χ1v) is 6.70. The second kappa shape index (κ2) is 5.49. The summed E-state index contributed by atoms with van der Waals surface area (Å²) in [6.45, 7) is 4.02. The monoisotopic (exact) mass is 302 g/mol. The SMILES string of the molecule is Cc1ccc(C(=O)Cc2cccc(Br)c2)c(C)c1. The molecule has 2 aromatic carbocycles. The van der Waals surface area contributed by atoms with Crippen molar-refractivity contribution in [2.75, 3.05) is 0 Å². The highest BCUT2D eigenvalue weighted by atomic mass is 79.9. The maximum Gasteiger partial charge on any atom is 0.167 e. The number of halogens is 1. The summed E-state index contributed by atoms with van der Waals surface area (Å²) in [6.07, 6.45) is 0.448. The lowest BCUT2D eigenvalue weighted by Crippen LogP contribution is -2.05. The van der Waals surface area contributed by atoms with Gasteiger partial charge in [-0.05, 0) is 37.1 Å². The summed E-state index contributed by atoms with van der Waals surface area (Å²) in [7, 11) is 0. The van der Waals surface area contributed by atoms with Gasteiger partial charge in [-0.1, -0.05) is 51.8 Å². The van der Waals surface area contributed by atoms with Crippen LogP contribution in [0.25, 0.3) is 0 Å². The topological polar surface area (TPSA) is 17.1 Å². The van der Waals surface area contributed by atoms with E-state index in [1.54, 1.807) is 0 Å². The zero-order chi connectivity index (χ0) is 13.1. The fourth-order valence-corrected chi connectivity index (χ4v) is 2.50. The van der Waals surface area contributed by atoms with Gasteiger partial charge in [0, 0.05) is 16.5 Å². The Balaban J connectivity index is 2.22. The predicted octanol–water partition coefficient (Wildman–Crippen LogP) is 4.49. The van der Waals surface area contributed by atoms with Crippen molar-refractivity contribution in [1.29, 1.82) is 0 Å². The first-order valence-electron chi connectivity index (χ1n) is 5.91. The number of hydrogen-bond acceptors (Lipinski definition) is 1. The Morgan fingerprint density at radius 3 is 2.56 bits per heavy atom. The summed E-state index contributed by atoms with van der Waals surface area (Å²) in [6, 6.07) is 13.8. The Hall–Kier alpha value is -1.41. The van der Waals surface area contributed by atoms with Crippen LogP contribution in [-0.4, -0.2) is 5.78 Å². The molecule has 0 saturated carbocycles. The van der Waals surface area contributed by atoms with Gasteiger partial charge in [-0.15, -0.1) is 0 Å². The first kappa shape index (κ1) is 13.0. The second-order valence-corrected chi connectivity index (χ2v) is 5.46. The molecule has 2 aromatic rings. The lowest BCUT2D eigenvalue weighted by molar-refractivity contribution is 0.0992. The molecule has 0 heterocycles. The second-order valence-electron chi connectivity index (χ2n) is 4.55. The average Bonchev–Trinajstić information content (AvgIpc) is 2.28.